The second-order valence-corrected chi connectivity index (χ2v) is 12.5. The third-order valence-electron chi connectivity index (χ3n) is 8.42. The number of halogens is 1. The second-order valence-electron chi connectivity index (χ2n) is 12.5. The first-order valence-electron chi connectivity index (χ1n) is 15.7. The van der Waals surface area contributed by atoms with E-state index in [1.807, 2.05) is 51.7 Å². The van der Waals surface area contributed by atoms with E-state index in [1.54, 1.807) is 0 Å². The number of nitrogens with zero attached hydrogens (tertiary/aromatic N) is 4. The number of rotatable bonds is 7. The van der Waals surface area contributed by atoms with Gasteiger partial charge in [-0.15, -0.1) is 41.3 Å². The molecule has 238 valence electrons. The average molecular weight is 802 g/mol. The van der Waals surface area contributed by atoms with E-state index >= 15 is 0 Å². The van der Waals surface area contributed by atoms with Crippen LogP contribution in [0.2, 0.25) is 0 Å². The van der Waals surface area contributed by atoms with Crippen molar-refractivity contribution in [2.45, 2.75) is 52.9 Å². The van der Waals surface area contributed by atoms with E-state index in [0.29, 0.717) is 17.3 Å². The zero-order valence-corrected chi connectivity index (χ0v) is 29.3. The van der Waals surface area contributed by atoms with Crippen LogP contribution in [0.5, 0.6) is 11.5 Å². The summed E-state index contributed by atoms with van der Waals surface area (Å²) in [6.45, 7) is 10.9. The molecule has 0 aliphatic rings. The van der Waals surface area contributed by atoms with Crippen LogP contribution in [0.3, 0.4) is 0 Å². The number of pyridine rings is 1. The van der Waals surface area contributed by atoms with Gasteiger partial charge in [-0.25, -0.2) is 9.37 Å². The van der Waals surface area contributed by atoms with Crippen LogP contribution in [0.1, 0.15) is 51.6 Å². The molecule has 0 amide bonds. The van der Waals surface area contributed by atoms with Gasteiger partial charge in [0.2, 0.25) is 0 Å². The van der Waals surface area contributed by atoms with Crippen LogP contribution < -0.4 is 4.74 Å². The van der Waals surface area contributed by atoms with Crippen LogP contribution in [0.4, 0.5) is 4.39 Å². The molecular weight excluding hydrogens is 767 g/mol. The van der Waals surface area contributed by atoms with Gasteiger partial charge in [-0.2, -0.15) is 11.2 Å². The van der Waals surface area contributed by atoms with Crippen molar-refractivity contribution in [3.05, 3.63) is 132 Å². The number of hydrogen-bond acceptors (Lipinski definition) is 3. The molecule has 0 bridgehead atoms. The largest absolute Gasteiger partial charge is 2.00 e. The van der Waals surface area contributed by atoms with Crippen molar-refractivity contribution in [3.8, 4) is 34.1 Å². The van der Waals surface area contributed by atoms with Crippen LogP contribution in [-0.4, -0.2) is 19.3 Å². The molecule has 0 aliphatic heterocycles. The van der Waals surface area contributed by atoms with Gasteiger partial charge in [-0.3, -0.25) is 4.68 Å². The van der Waals surface area contributed by atoms with Gasteiger partial charge in [-0.1, -0.05) is 88.7 Å². The van der Waals surface area contributed by atoms with Gasteiger partial charge in [0, 0.05) is 40.5 Å². The van der Waals surface area contributed by atoms with Crippen LogP contribution in [0, 0.1) is 17.9 Å². The fourth-order valence-electron chi connectivity index (χ4n) is 6.15. The van der Waals surface area contributed by atoms with Crippen LogP contribution >= 0.6 is 0 Å². The molecule has 7 heteroatoms. The molecule has 4 aromatic carbocycles. The molecule has 3 aromatic heterocycles. The molecule has 3 heterocycles. The minimum Gasteiger partial charge on any atom is -0.509 e. The smallest absolute Gasteiger partial charge is 0.509 e. The van der Waals surface area contributed by atoms with Gasteiger partial charge in [-0.05, 0) is 47.0 Å². The van der Waals surface area contributed by atoms with Crippen LogP contribution in [-0.2, 0) is 39.3 Å². The monoisotopic (exact) mass is 801 g/mol. The van der Waals surface area contributed by atoms with Crippen molar-refractivity contribution in [1.29, 1.82) is 0 Å². The summed E-state index contributed by atoms with van der Waals surface area (Å²) in [5.74, 6) is 1.23. The molecular formula is C40H35FN4OPt. The summed E-state index contributed by atoms with van der Waals surface area (Å²) in [5, 5.41) is 7.12. The molecule has 7 aromatic rings. The average Bonchev–Trinajstić information content (AvgIpc) is 3.60. The molecule has 0 saturated heterocycles. The third kappa shape index (κ3) is 6.03. The maximum Gasteiger partial charge on any atom is 2.00 e. The number of benzene rings is 4. The molecule has 0 radical (unpaired) electrons. The summed E-state index contributed by atoms with van der Waals surface area (Å²) < 4.78 is 24.9. The number of fused-ring (bicyclic) bond motifs is 3. The van der Waals surface area contributed by atoms with Gasteiger partial charge in [0.05, 0.1) is 5.69 Å². The second kappa shape index (κ2) is 12.9. The van der Waals surface area contributed by atoms with Crippen molar-refractivity contribution in [2.75, 3.05) is 0 Å². The summed E-state index contributed by atoms with van der Waals surface area (Å²) >= 11 is 0. The van der Waals surface area contributed by atoms with E-state index in [-0.39, 0.29) is 32.3 Å². The predicted molar refractivity (Wildman–Crippen MR) is 183 cm³/mol. The summed E-state index contributed by atoms with van der Waals surface area (Å²) in [6, 6.07) is 36.4. The maximum absolute atomic E-state index is 14.3. The first-order valence-corrected chi connectivity index (χ1v) is 15.7. The Morgan fingerprint density at radius 1 is 0.809 bits per heavy atom. The molecule has 0 atom stereocenters. The quantitative estimate of drug-likeness (QED) is 0.151. The summed E-state index contributed by atoms with van der Waals surface area (Å²) in [6.07, 6.45) is 3.10. The van der Waals surface area contributed by atoms with E-state index in [2.05, 4.69) is 88.1 Å². The summed E-state index contributed by atoms with van der Waals surface area (Å²) in [4.78, 5) is 4.48. The Balaban J connectivity index is 0.00000386. The number of aromatic nitrogens is 4. The SMILES string of the molecule is CCc1nn(-c2[c-]c(Oc3[c-]c4c(cc3)c3ccccc3n4-c3cc(F)ccn3)cc(C(C)(C)C)c2)c(CC)c1-c1ccccc1.[Pt+2]. The van der Waals surface area contributed by atoms with E-state index in [4.69, 9.17) is 9.84 Å². The van der Waals surface area contributed by atoms with E-state index in [1.165, 1.54) is 23.9 Å². The van der Waals surface area contributed by atoms with Crippen molar-refractivity contribution in [1.82, 2.24) is 19.3 Å². The molecule has 47 heavy (non-hydrogen) atoms. The number of ether oxygens (including phenoxy) is 1. The minimum absolute atomic E-state index is 0. The fourth-order valence-corrected chi connectivity index (χ4v) is 6.15. The molecule has 0 spiro atoms. The first-order chi connectivity index (χ1) is 22.2. The van der Waals surface area contributed by atoms with E-state index < -0.39 is 0 Å². The van der Waals surface area contributed by atoms with E-state index in [0.717, 1.165) is 62.8 Å². The van der Waals surface area contributed by atoms with Crippen molar-refractivity contribution in [2.24, 2.45) is 0 Å². The van der Waals surface area contributed by atoms with Gasteiger partial charge in [0.1, 0.15) is 11.6 Å². The Bertz CT molecular complexity index is 2210. The standard InChI is InChI=1S/C40H35FN4O.Pt/c1-6-34-39(26-13-9-8-10-14-26)35(7-2)45(43-34)29-21-27(40(3,4)5)22-31(24-29)46-30-17-18-33-32-15-11-12-16-36(32)44(37(33)25-30)38-23-28(41)19-20-42-38;/h8-23H,6-7H2,1-5H3;/q-2;+2. The van der Waals surface area contributed by atoms with Gasteiger partial charge < -0.3 is 9.30 Å². The molecule has 0 unspecified atom stereocenters. The topological polar surface area (TPSA) is 44.9 Å². The minimum atomic E-state index is -0.351. The number of para-hydroxylation sites is 1. The summed E-state index contributed by atoms with van der Waals surface area (Å²) in [5.41, 5.74) is 7.98. The first kappa shape index (κ1) is 32.4. The van der Waals surface area contributed by atoms with Crippen molar-refractivity contribution < 1.29 is 30.2 Å². The maximum atomic E-state index is 14.3. The zero-order chi connectivity index (χ0) is 32.0. The third-order valence-corrected chi connectivity index (χ3v) is 8.42. The van der Waals surface area contributed by atoms with Crippen LogP contribution in [0.25, 0.3) is 44.4 Å². The number of hydrogen-bond donors (Lipinski definition) is 0. The molecule has 0 saturated carbocycles. The fraction of sp³-hybridized carbons (Fsp3) is 0.200. The zero-order valence-electron chi connectivity index (χ0n) is 27.0. The number of aryl methyl sites for hydroxylation is 1. The normalized spacial score (nSPS) is 11.6. The molecule has 5 nitrogen and oxygen atoms in total. The Hall–Kier alpha value is -4.54. The van der Waals surface area contributed by atoms with E-state index in [9.17, 15) is 4.39 Å². The molecule has 0 fully saturated rings. The Kier molecular flexibility index (Phi) is 8.91. The summed E-state index contributed by atoms with van der Waals surface area (Å²) in [7, 11) is 0. The molecule has 0 aliphatic carbocycles. The van der Waals surface area contributed by atoms with Crippen molar-refractivity contribution >= 4 is 21.8 Å². The van der Waals surface area contributed by atoms with Crippen LogP contribution in [0.15, 0.2) is 97.2 Å². The van der Waals surface area contributed by atoms with Gasteiger partial charge in [0.15, 0.2) is 0 Å². The van der Waals surface area contributed by atoms with Crippen molar-refractivity contribution in [3.63, 3.8) is 0 Å². The Morgan fingerprint density at radius 2 is 1.57 bits per heavy atom. The predicted octanol–water partition coefficient (Wildman–Crippen LogP) is 9.98. The Labute approximate surface area is 289 Å². The molecule has 0 N–H and O–H groups in total. The van der Waals surface area contributed by atoms with Gasteiger partial charge in [0.25, 0.3) is 0 Å². The molecule has 7 rings (SSSR count). The van der Waals surface area contributed by atoms with Gasteiger partial charge >= 0.3 is 21.1 Å². The Morgan fingerprint density at radius 3 is 2.30 bits per heavy atom.